The summed E-state index contributed by atoms with van der Waals surface area (Å²) >= 11 is 0. The Morgan fingerprint density at radius 3 is 2.47 bits per heavy atom. The number of imidazole rings is 1. The molecule has 1 aromatic heterocycles. The third kappa shape index (κ3) is 2.49. The number of benzene rings is 1. The van der Waals surface area contributed by atoms with Gasteiger partial charge < -0.3 is 5.32 Å². The van der Waals surface area contributed by atoms with Crippen molar-refractivity contribution in [3.05, 3.63) is 41.7 Å². The molecule has 0 radical (unpaired) electrons. The van der Waals surface area contributed by atoms with Gasteiger partial charge in [-0.05, 0) is 38.0 Å². The molecule has 1 heterocycles. The van der Waals surface area contributed by atoms with Crippen LogP contribution in [0.5, 0.6) is 0 Å². The van der Waals surface area contributed by atoms with E-state index < -0.39 is 0 Å². The molecule has 0 aliphatic rings. The van der Waals surface area contributed by atoms with Gasteiger partial charge in [0.15, 0.2) is 0 Å². The standard InChI is InChI=1S/C14H19N3/c1-4-12-6-8-13(9-7-12)17-10-11(3)16-14(17)15-5-2/h6-10H,4-5H2,1-3H3,(H,15,16). The number of anilines is 1. The van der Waals surface area contributed by atoms with E-state index in [4.69, 9.17) is 0 Å². The normalized spacial score (nSPS) is 10.5. The number of aromatic nitrogens is 2. The highest BCUT2D eigenvalue weighted by Crippen LogP contribution is 2.17. The summed E-state index contributed by atoms with van der Waals surface area (Å²) in [6.07, 6.45) is 3.13. The third-order valence-corrected chi connectivity index (χ3v) is 2.78. The molecule has 0 fully saturated rings. The summed E-state index contributed by atoms with van der Waals surface area (Å²) < 4.78 is 2.10. The van der Waals surface area contributed by atoms with Crippen molar-refractivity contribution < 1.29 is 0 Å². The lowest BCUT2D eigenvalue weighted by Crippen LogP contribution is -2.04. The smallest absolute Gasteiger partial charge is 0.207 e. The Bertz CT molecular complexity index is 483. The van der Waals surface area contributed by atoms with Crippen molar-refractivity contribution >= 4 is 5.95 Å². The topological polar surface area (TPSA) is 29.9 Å². The summed E-state index contributed by atoms with van der Waals surface area (Å²) in [6.45, 7) is 7.14. The molecule has 0 aliphatic carbocycles. The molecule has 0 bridgehead atoms. The van der Waals surface area contributed by atoms with Gasteiger partial charge in [0.2, 0.25) is 5.95 Å². The molecule has 0 amide bonds. The monoisotopic (exact) mass is 229 g/mol. The zero-order valence-corrected chi connectivity index (χ0v) is 10.7. The fourth-order valence-electron chi connectivity index (χ4n) is 1.87. The van der Waals surface area contributed by atoms with Crippen LogP contribution in [0.15, 0.2) is 30.5 Å². The molecule has 0 aliphatic heterocycles. The number of rotatable bonds is 4. The van der Waals surface area contributed by atoms with Gasteiger partial charge in [0.25, 0.3) is 0 Å². The van der Waals surface area contributed by atoms with Crippen molar-refractivity contribution in [1.82, 2.24) is 9.55 Å². The second-order valence-corrected chi connectivity index (χ2v) is 4.13. The first kappa shape index (κ1) is 11.7. The zero-order valence-electron chi connectivity index (χ0n) is 10.7. The second-order valence-electron chi connectivity index (χ2n) is 4.13. The predicted molar refractivity (Wildman–Crippen MR) is 71.8 cm³/mol. The van der Waals surface area contributed by atoms with E-state index in [0.29, 0.717) is 0 Å². The van der Waals surface area contributed by atoms with E-state index in [-0.39, 0.29) is 0 Å². The van der Waals surface area contributed by atoms with E-state index in [1.165, 1.54) is 5.56 Å². The van der Waals surface area contributed by atoms with Crippen LogP contribution in [-0.2, 0) is 6.42 Å². The van der Waals surface area contributed by atoms with Crippen LogP contribution in [0.3, 0.4) is 0 Å². The van der Waals surface area contributed by atoms with Crippen LogP contribution in [0, 0.1) is 6.92 Å². The molecule has 2 aromatic rings. The van der Waals surface area contributed by atoms with Crippen molar-refractivity contribution in [3.8, 4) is 5.69 Å². The van der Waals surface area contributed by atoms with Gasteiger partial charge >= 0.3 is 0 Å². The van der Waals surface area contributed by atoms with Gasteiger partial charge in [-0.15, -0.1) is 0 Å². The van der Waals surface area contributed by atoms with E-state index in [9.17, 15) is 0 Å². The summed E-state index contributed by atoms with van der Waals surface area (Å²) in [6, 6.07) is 8.61. The average molecular weight is 229 g/mol. The predicted octanol–water partition coefficient (Wildman–Crippen LogP) is 3.17. The Morgan fingerprint density at radius 2 is 1.88 bits per heavy atom. The van der Waals surface area contributed by atoms with Gasteiger partial charge in [-0.25, -0.2) is 4.98 Å². The molecular formula is C14H19N3. The fourth-order valence-corrected chi connectivity index (χ4v) is 1.87. The minimum Gasteiger partial charge on any atom is -0.356 e. The average Bonchev–Trinajstić information content (AvgIpc) is 2.71. The Labute approximate surface area is 103 Å². The van der Waals surface area contributed by atoms with Crippen molar-refractivity contribution in [2.75, 3.05) is 11.9 Å². The number of aryl methyl sites for hydroxylation is 2. The van der Waals surface area contributed by atoms with Crippen molar-refractivity contribution in [2.24, 2.45) is 0 Å². The first-order chi connectivity index (χ1) is 8.24. The first-order valence-corrected chi connectivity index (χ1v) is 6.13. The molecule has 3 heteroatoms. The van der Waals surface area contributed by atoms with Crippen LogP contribution in [0.25, 0.3) is 5.69 Å². The van der Waals surface area contributed by atoms with E-state index in [1.807, 2.05) is 6.92 Å². The minimum atomic E-state index is 0.878. The molecule has 0 saturated carbocycles. The van der Waals surface area contributed by atoms with E-state index in [2.05, 4.69) is 59.2 Å². The number of hydrogen-bond donors (Lipinski definition) is 1. The molecule has 0 unspecified atom stereocenters. The molecule has 17 heavy (non-hydrogen) atoms. The highest BCUT2D eigenvalue weighted by atomic mass is 15.2. The maximum Gasteiger partial charge on any atom is 0.207 e. The number of hydrogen-bond acceptors (Lipinski definition) is 2. The third-order valence-electron chi connectivity index (χ3n) is 2.78. The van der Waals surface area contributed by atoms with Gasteiger partial charge in [0.1, 0.15) is 0 Å². The Morgan fingerprint density at radius 1 is 1.18 bits per heavy atom. The molecule has 0 atom stereocenters. The highest BCUT2D eigenvalue weighted by molar-refractivity contribution is 5.44. The maximum atomic E-state index is 4.47. The zero-order chi connectivity index (χ0) is 12.3. The summed E-state index contributed by atoms with van der Waals surface area (Å²) in [4.78, 5) is 4.47. The summed E-state index contributed by atoms with van der Waals surface area (Å²) in [5, 5.41) is 3.28. The van der Waals surface area contributed by atoms with Crippen LogP contribution in [-0.4, -0.2) is 16.1 Å². The summed E-state index contributed by atoms with van der Waals surface area (Å²) in [5.41, 5.74) is 3.54. The van der Waals surface area contributed by atoms with Crippen LogP contribution in [0.1, 0.15) is 25.1 Å². The van der Waals surface area contributed by atoms with E-state index in [1.54, 1.807) is 0 Å². The van der Waals surface area contributed by atoms with Crippen molar-refractivity contribution in [3.63, 3.8) is 0 Å². The molecular weight excluding hydrogens is 210 g/mol. The van der Waals surface area contributed by atoms with E-state index >= 15 is 0 Å². The molecule has 2 rings (SSSR count). The van der Waals surface area contributed by atoms with Gasteiger partial charge in [-0.1, -0.05) is 19.1 Å². The second kappa shape index (κ2) is 5.04. The van der Waals surface area contributed by atoms with Crippen molar-refractivity contribution in [2.45, 2.75) is 27.2 Å². The minimum absolute atomic E-state index is 0.878. The van der Waals surface area contributed by atoms with Crippen LogP contribution < -0.4 is 5.32 Å². The SMILES string of the molecule is CCNc1nc(C)cn1-c1ccc(CC)cc1. The highest BCUT2D eigenvalue weighted by Gasteiger charge is 2.06. The Balaban J connectivity index is 2.37. The van der Waals surface area contributed by atoms with Gasteiger partial charge in [0.05, 0.1) is 5.69 Å². The quantitative estimate of drug-likeness (QED) is 0.872. The number of nitrogens with one attached hydrogen (secondary N) is 1. The lowest BCUT2D eigenvalue weighted by Gasteiger charge is -2.08. The van der Waals surface area contributed by atoms with Crippen LogP contribution in [0.4, 0.5) is 5.95 Å². The lowest BCUT2D eigenvalue weighted by atomic mass is 10.1. The molecule has 90 valence electrons. The maximum absolute atomic E-state index is 4.47. The van der Waals surface area contributed by atoms with Gasteiger partial charge in [-0.2, -0.15) is 0 Å². The van der Waals surface area contributed by atoms with Gasteiger partial charge in [-0.3, -0.25) is 4.57 Å². The lowest BCUT2D eigenvalue weighted by molar-refractivity contribution is 1.02. The molecule has 0 saturated heterocycles. The first-order valence-electron chi connectivity index (χ1n) is 6.13. The summed E-state index contributed by atoms with van der Waals surface area (Å²) in [7, 11) is 0. The van der Waals surface area contributed by atoms with E-state index in [0.717, 1.165) is 30.3 Å². The van der Waals surface area contributed by atoms with Crippen LogP contribution in [0.2, 0.25) is 0 Å². The summed E-state index contributed by atoms with van der Waals surface area (Å²) in [5.74, 6) is 0.911. The largest absolute Gasteiger partial charge is 0.356 e. The van der Waals surface area contributed by atoms with Crippen LogP contribution >= 0.6 is 0 Å². The Kier molecular flexibility index (Phi) is 3.47. The van der Waals surface area contributed by atoms with Gasteiger partial charge in [0, 0.05) is 18.4 Å². The molecule has 0 spiro atoms. The Hall–Kier alpha value is -1.77. The molecule has 1 N–H and O–H groups in total. The molecule has 1 aromatic carbocycles. The number of nitrogens with zero attached hydrogens (tertiary/aromatic N) is 2. The molecule has 3 nitrogen and oxygen atoms in total. The fraction of sp³-hybridized carbons (Fsp3) is 0.357. The van der Waals surface area contributed by atoms with Crippen molar-refractivity contribution in [1.29, 1.82) is 0 Å².